The van der Waals surface area contributed by atoms with Crippen LogP contribution in [-0.4, -0.2) is 42.5 Å². The second-order valence-electron chi connectivity index (χ2n) is 5.83. The van der Waals surface area contributed by atoms with Crippen molar-refractivity contribution in [2.75, 3.05) is 20.1 Å². The number of carbonyl (C=O) groups is 1. The molecular formula is C13H25N3O. The van der Waals surface area contributed by atoms with Crippen molar-refractivity contribution in [3.8, 4) is 0 Å². The van der Waals surface area contributed by atoms with Gasteiger partial charge in [-0.05, 0) is 45.7 Å². The van der Waals surface area contributed by atoms with Gasteiger partial charge < -0.3 is 16.0 Å². The lowest BCUT2D eigenvalue weighted by atomic mass is 9.75. The smallest absolute Gasteiger partial charge is 0.221 e. The summed E-state index contributed by atoms with van der Waals surface area (Å²) in [7, 11) is 2.15. The number of carbonyl (C=O) groups excluding carboxylic acids is 1. The number of piperidine rings is 1. The van der Waals surface area contributed by atoms with Crippen LogP contribution in [0.1, 0.15) is 44.9 Å². The molecule has 0 spiro atoms. The Morgan fingerprint density at radius 3 is 2.76 bits per heavy atom. The summed E-state index contributed by atoms with van der Waals surface area (Å²) >= 11 is 0. The summed E-state index contributed by atoms with van der Waals surface area (Å²) in [5.41, 5.74) is 5.88. The SMILES string of the molecule is CN1CCCCC1CNC(=O)CC1(N)CCC1. The van der Waals surface area contributed by atoms with Crippen LogP contribution >= 0.6 is 0 Å². The molecule has 2 fully saturated rings. The van der Waals surface area contributed by atoms with Gasteiger partial charge >= 0.3 is 0 Å². The topological polar surface area (TPSA) is 58.4 Å². The number of nitrogens with two attached hydrogens (primary N) is 1. The van der Waals surface area contributed by atoms with E-state index < -0.39 is 0 Å². The van der Waals surface area contributed by atoms with E-state index >= 15 is 0 Å². The molecule has 1 aliphatic heterocycles. The maximum absolute atomic E-state index is 11.8. The zero-order valence-corrected chi connectivity index (χ0v) is 10.9. The number of hydrogen-bond donors (Lipinski definition) is 2. The van der Waals surface area contributed by atoms with Crippen molar-refractivity contribution in [3.05, 3.63) is 0 Å². The fourth-order valence-electron chi connectivity index (χ4n) is 2.82. The number of likely N-dealkylation sites (tertiary alicyclic amines) is 1. The lowest BCUT2D eigenvalue weighted by Gasteiger charge is -2.38. The summed E-state index contributed by atoms with van der Waals surface area (Å²) < 4.78 is 0. The average Bonchev–Trinajstić information content (AvgIpc) is 2.26. The first-order chi connectivity index (χ1) is 8.09. The molecule has 1 atom stereocenters. The largest absolute Gasteiger partial charge is 0.354 e. The Balaban J connectivity index is 1.68. The first kappa shape index (κ1) is 12.8. The van der Waals surface area contributed by atoms with Crippen LogP contribution < -0.4 is 11.1 Å². The van der Waals surface area contributed by atoms with Crippen LogP contribution in [0.5, 0.6) is 0 Å². The molecule has 98 valence electrons. The lowest BCUT2D eigenvalue weighted by molar-refractivity contribution is -0.123. The van der Waals surface area contributed by atoms with E-state index in [1.165, 1.54) is 25.7 Å². The van der Waals surface area contributed by atoms with E-state index in [9.17, 15) is 4.79 Å². The first-order valence-corrected chi connectivity index (χ1v) is 6.85. The van der Waals surface area contributed by atoms with E-state index in [4.69, 9.17) is 5.73 Å². The van der Waals surface area contributed by atoms with Crippen molar-refractivity contribution in [2.45, 2.75) is 56.5 Å². The zero-order valence-electron chi connectivity index (χ0n) is 10.9. The Bertz CT molecular complexity index is 276. The first-order valence-electron chi connectivity index (χ1n) is 6.85. The summed E-state index contributed by atoms with van der Waals surface area (Å²) in [4.78, 5) is 14.1. The molecule has 1 saturated heterocycles. The van der Waals surface area contributed by atoms with Crippen LogP contribution in [0, 0.1) is 0 Å². The second kappa shape index (κ2) is 5.36. The van der Waals surface area contributed by atoms with Gasteiger partial charge in [-0.2, -0.15) is 0 Å². The van der Waals surface area contributed by atoms with Gasteiger partial charge in [0, 0.05) is 24.5 Å². The molecular weight excluding hydrogens is 214 g/mol. The molecule has 1 heterocycles. The molecule has 0 bridgehead atoms. The molecule has 1 amide bonds. The third-order valence-electron chi connectivity index (χ3n) is 4.32. The van der Waals surface area contributed by atoms with Crippen molar-refractivity contribution in [1.82, 2.24) is 10.2 Å². The number of likely N-dealkylation sites (N-methyl/N-ethyl adjacent to an activating group) is 1. The summed E-state index contributed by atoms with van der Waals surface area (Å²) in [6.45, 7) is 1.94. The Kier molecular flexibility index (Phi) is 4.05. The summed E-state index contributed by atoms with van der Waals surface area (Å²) in [5.74, 6) is 0.131. The lowest BCUT2D eigenvalue weighted by Crippen LogP contribution is -2.51. The Labute approximate surface area is 104 Å². The molecule has 2 aliphatic rings. The van der Waals surface area contributed by atoms with Crippen molar-refractivity contribution >= 4 is 5.91 Å². The molecule has 0 radical (unpaired) electrons. The second-order valence-corrected chi connectivity index (χ2v) is 5.83. The number of amides is 1. The van der Waals surface area contributed by atoms with Crippen LogP contribution in [-0.2, 0) is 4.79 Å². The van der Waals surface area contributed by atoms with Crippen LogP contribution in [0.4, 0.5) is 0 Å². The summed E-state index contributed by atoms with van der Waals surface area (Å²) in [6, 6.07) is 0.516. The number of nitrogens with zero attached hydrogens (tertiary/aromatic N) is 1. The highest BCUT2D eigenvalue weighted by Crippen LogP contribution is 2.31. The molecule has 0 aromatic rings. The van der Waals surface area contributed by atoms with Crippen LogP contribution in [0.3, 0.4) is 0 Å². The van der Waals surface area contributed by atoms with Crippen LogP contribution in [0.2, 0.25) is 0 Å². The minimum atomic E-state index is -0.192. The van der Waals surface area contributed by atoms with Crippen LogP contribution in [0.25, 0.3) is 0 Å². The van der Waals surface area contributed by atoms with E-state index in [0.29, 0.717) is 12.5 Å². The quantitative estimate of drug-likeness (QED) is 0.765. The maximum Gasteiger partial charge on any atom is 0.221 e. The standard InChI is InChI=1S/C13H25N3O/c1-16-8-3-2-5-11(16)10-15-12(17)9-13(14)6-4-7-13/h11H,2-10,14H2,1H3,(H,15,17). The van der Waals surface area contributed by atoms with Gasteiger partial charge in [0.05, 0.1) is 0 Å². The van der Waals surface area contributed by atoms with Gasteiger partial charge in [0.15, 0.2) is 0 Å². The third-order valence-corrected chi connectivity index (χ3v) is 4.32. The predicted octanol–water partition coefficient (Wildman–Crippen LogP) is 0.858. The maximum atomic E-state index is 11.8. The van der Waals surface area contributed by atoms with Gasteiger partial charge in [-0.15, -0.1) is 0 Å². The van der Waals surface area contributed by atoms with E-state index in [2.05, 4.69) is 17.3 Å². The minimum Gasteiger partial charge on any atom is -0.354 e. The highest BCUT2D eigenvalue weighted by molar-refractivity contribution is 5.77. The van der Waals surface area contributed by atoms with Gasteiger partial charge in [-0.3, -0.25) is 4.79 Å². The third kappa shape index (κ3) is 3.42. The highest BCUT2D eigenvalue weighted by Gasteiger charge is 2.34. The van der Waals surface area contributed by atoms with E-state index in [1.54, 1.807) is 0 Å². The fraction of sp³-hybridized carbons (Fsp3) is 0.923. The fourth-order valence-corrected chi connectivity index (χ4v) is 2.82. The van der Waals surface area contributed by atoms with Crippen molar-refractivity contribution < 1.29 is 4.79 Å². The van der Waals surface area contributed by atoms with Crippen molar-refractivity contribution in [3.63, 3.8) is 0 Å². The van der Waals surface area contributed by atoms with Crippen molar-refractivity contribution in [2.24, 2.45) is 5.73 Å². The summed E-state index contributed by atoms with van der Waals surface area (Å²) in [6.07, 6.45) is 7.45. The Morgan fingerprint density at radius 1 is 1.41 bits per heavy atom. The van der Waals surface area contributed by atoms with E-state index in [-0.39, 0.29) is 11.4 Å². The van der Waals surface area contributed by atoms with Gasteiger partial charge in [-0.1, -0.05) is 6.42 Å². The zero-order chi connectivity index (χ0) is 12.3. The molecule has 4 nitrogen and oxygen atoms in total. The monoisotopic (exact) mass is 239 g/mol. The molecule has 17 heavy (non-hydrogen) atoms. The molecule has 0 aromatic heterocycles. The van der Waals surface area contributed by atoms with Gasteiger partial charge in [0.2, 0.25) is 5.91 Å². The predicted molar refractivity (Wildman–Crippen MR) is 68.7 cm³/mol. The Morgan fingerprint density at radius 2 is 2.18 bits per heavy atom. The number of nitrogens with one attached hydrogen (secondary N) is 1. The molecule has 1 aliphatic carbocycles. The average molecular weight is 239 g/mol. The minimum absolute atomic E-state index is 0.131. The number of rotatable bonds is 4. The van der Waals surface area contributed by atoms with E-state index in [0.717, 1.165) is 25.9 Å². The van der Waals surface area contributed by atoms with E-state index in [1.807, 2.05) is 0 Å². The van der Waals surface area contributed by atoms with Crippen molar-refractivity contribution in [1.29, 1.82) is 0 Å². The normalized spacial score (nSPS) is 28.5. The molecule has 3 N–H and O–H groups in total. The summed E-state index contributed by atoms with van der Waals surface area (Å²) in [5, 5.41) is 3.05. The molecule has 2 rings (SSSR count). The highest BCUT2D eigenvalue weighted by atomic mass is 16.1. The van der Waals surface area contributed by atoms with Gasteiger partial charge in [-0.25, -0.2) is 0 Å². The van der Waals surface area contributed by atoms with Gasteiger partial charge in [0.1, 0.15) is 0 Å². The molecule has 1 saturated carbocycles. The molecule has 0 aromatic carbocycles. The van der Waals surface area contributed by atoms with Gasteiger partial charge in [0.25, 0.3) is 0 Å². The molecule has 1 unspecified atom stereocenters. The van der Waals surface area contributed by atoms with Crippen LogP contribution in [0.15, 0.2) is 0 Å². The number of hydrogen-bond acceptors (Lipinski definition) is 3. The Hall–Kier alpha value is -0.610. The molecule has 4 heteroatoms.